The molecule has 0 radical (unpaired) electrons. The van der Waals surface area contributed by atoms with Crippen molar-refractivity contribution < 1.29 is 10.2 Å². The summed E-state index contributed by atoms with van der Waals surface area (Å²) in [5.74, 6) is 1.31. The number of thioether (sulfide) groups is 1. The molecule has 1 aliphatic carbocycles. The maximum Gasteiger partial charge on any atom is 0.127 e. The van der Waals surface area contributed by atoms with E-state index in [-0.39, 0.29) is 22.3 Å². The Balaban J connectivity index is 1.82. The van der Waals surface area contributed by atoms with E-state index in [0.29, 0.717) is 5.25 Å². The van der Waals surface area contributed by atoms with Gasteiger partial charge in [0.25, 0.3) is 0 Å². The number of aromatic hydroxyl groups is 2. The normalized spacial score (nSPS) is 22.4. The molecule has 1 atom stereocenters. The molecule has 0 amide bonds. The van der Waals surface area contributed by atoms with Crippen molar-refractivity contribution in [3.05, 3.63) is 46.5 Å². The number of nitrogens with one attached hydrogen (secondary N) is 1. The lowest BCUT2D eigenvalue weighted by Gasteiger charge is -2.42. The van der Waals surface area contributed by atoms with Crippen molar-refractivity contribution in [2.24, 2.45) is 0 Å². The molecule has 1 saturated heterocycles. The van der Waals surface area contributed by atoms with Crippen molar-refractivity contribution in [3.63, 3.8) is 0 Å². The SMILES string of the molecule is Cc1cc2c(cc1-c1cc(CC3CNCS3)c(O)cc1O)C(C)(C)CCC2(C)C. The van der Waals surface area contributed by atoms with Gasteiger partial charge >= 0.3 is 0 Å². The molecule has 1 heterocycles. The molecule has 2 aromatic rings. The summed E-state index contributed by atoms with van der Waals surface area (Å²) in [7, 11) is 0. The Morgan fingerprint density at radius 2 is 1.59 bits per heavy atom. The van der Waals surface area contributed by atoms with Crippen LogP contribution in [0, 0.1) is 6.92 Å². The summed E-state index contributed by atoms with van der Waals surface area (Å²) >= 11 is 1.89. The molecule has 0 bridgehead atoms. The van der Waals surface area contributed by atoms with Gasteiger partial charge in [-0.1, -0.05) is 33.8 Å². The predicted octanol–water partition coefficient (Wildman–Crippen LogP) is 5.63. The maximum absolute atomic E-state index is 10.7. The van der Waals surface area contributed by atoms with Crippen LogP contribution in [0.1, 0.15) is 62.8 Å². The second kappa shape index (κ2) is 7.24. The Kier molecular flexibility index (Phi) is 5.15. The van der Waals surface area contributed by atoms with E-state index >= 15 is 0 Å². The van der Waals surface area contributed by atoms with E-state index in [1.54, 1.807) is 0 Å². The highest BCUT2D eigenvalue weighted by Gasteiger charge is 2.37. The summed E-state index contributed by atoms with van der Waals surface area (Å²) in [4.78, 5) is 0. The van der Waals surface area contributed by atoms with Crippen molar-refractivity contribution in [1.29, 1.82) is 0 Å². The van der Waals surface area contributed by atoms with Crippen molar-refractivity contribution in [1.82, 2.24) is 5.32 Å². The summed E-state index contributed by atoms with van der Waals surface area (Å²) in [6.45, 7) is 12.4. The van der Waals surface area contributed by atoms with Crippen molar-refractivity contribution in [2.45, 2.75) is 70.0 Å². The van der Waals surface area contributed by atoms with Crippen molar-refractivity contribution in [2.75, 3.05) is 12.4 Å². The molecule has 156 valence electrons. The van der Waals surface area contributed by atoms with E-state index in [1.807, 2.05) is 17.8 Å². The zero-order valence-electron chi connectivity index (χ0n) is 18.2. The number of benzene rings is 2. The topological polar surface area (TPSA) is 52.5 Å². The molecule has 0 aromatic heterocycles. The minimum atomic E-state index is 0.120. The number of fused-ring (bicyclic) bond motifs is 1. The number of phenols is 2. The zero-order chi connectivity index (χ0) is 21.0. The summed E-state index contributed by atoms with van der Waals surface area (Å²) in [6, 6.07) is 8.15. The summed E-state index contributed by atoms with van der Waals surface area (Å²) in [5.41, 5.74) is 7.10. The van der Waals surface area contributed by atoms with Crippen LogP contribution in [0.5, 0.6) is 11.5 Å². The van der Waals surface area contributed by atoms with Crippen molar-refractivity contribution in [3.8, 4) is 22.6 Å². The molecule has 4 rings (SSSR count). The molecule has 0 saturated carbocycles. The van der Waals surface area contributed by atoms with Gasteiger partial charge in [0.15, 0.2) is 0 Å². The van der Waals surface area contributed by atoms with Crippen LogP contribution in [-0.4, -0.2) is 27.9 Å². The maximum atomic E-state index is 10.7. The Bertz CT molecular complexity index is 942. The fourth-order valence-electron chi connectivity index (χ4n) is 4.85. The lowest BCUT2D eigenvalue weighted by Crippen LogP contribution is -2.34. The van der Waals surface area contributed by atoms with Crippen LogP contribution in [0.25, 0.3) is 11.1 Å². The Labute approximate surface area is 178 Å². The standard InChI is InChI=1S/C25H33NO2S/c1-15-8-20-21(25(4,5)7-6-24(20,2)3)11-18(15)19-10-16(22(27)12-23(19)28)9-17-13-26-14-29-17/h8,10-12,17,26-28H,6-7,9,13-14H2,1-5H3. The third-order valence-electron chi connectivity index (χ3n) is 6.93. The predicted molar refractivity (Wildman–Crippen MR) is 123 cm³/mol. The van der Waals surface area contributed by atoms with E-state index in [0.717, 1.165) is 42.0 Å². The average molecular weight is 412 g/mol. The quantitative estimate of drug-likeness (QED) is 0.613. The monoisotopic (exact) mass is 411 g/mol. The van der Waals surface area contributed by atoms with Gasteiger partial charge in [0.2, 0.25) is 0 Å². The van der Waals surface area contributed by atoms with Crippen LogP contribution in [-0.2, 0) is 17.3 Å². The fourth-order valence-corrected chi connectivity index (χ4v) is 5.85. The minimum absolute atomic E-state index is 0.120. The van der Waals surface area contributed by atoms with Gasteiger partial charge in [0.05, 0.1) is 0 Å². The molecule has 1 unspecified atom stereocenters. The fraction of sp³-hybridized carbons (Fsp3) is 0.520. The highest BCUT2D eigenvalue weighted by atomic mass is 32.2. The van der Waals surface area contributed by atoms with Gasteiger partial charge in [-0.2, -0.15) is 0 Å². The van der Waals surface area contributed by atoms with Gasteiger partial charge in [0, 0.05) is 29.3 Å². The highest BCUT2D eigenvalue weighted by Crippen LogP contribution is 2.48. The number of phenolic OH excluding ortho intramolecular Hbond substituents is 2. The summed E-state index contributed by atoms with van der Waals surface area (Å²) in [6.07, 6.45) is 3.15. The first-order chi connectivity index (χ1) is 13.6. The lowest BCUT2D eigenvalue weighted by molar-refractivity contribution is 0.332. The second-order valence-electron chi connectivity index (χ2n) is 10.1. The molecule has 3 nitrogen and oxygen atoms in total. The second-order valence-corrected chi connectivity index (χ2v) is 11.4. The molecule has 4 heteroatoms. The number of hydrogen-bond donors (Lipinski definition) is 3. The molecular weight excluding hydrogens is 378 g/mol. The molecule has 3 N–H and O–H groups in total. The Morgan fingerprint density at radius 3 is 2.21 bits per heavy atom. The first-order valence-corrected chi connectivity index (χ1v) is 11.7. The molecule has 2 aliphatic rings. The van der Waals surface area contributed by atoms with E-state index in [4.69, 9.17) is 0 Å². The van der Waals surface area contributed by atoms with Gasteiger partial charge in [0.1, 0.15) is 11.5 Å². The molecule has 1 fully saturated rings. The van der Waals surface area contributed by atoms with Gasteiger partial charge < -0.3 is 15.5 Å². The van der Waals surface area contributed by atoms with Gasteiger partial charge in [-0.3, -0.25) is 0 Å². The van der Waals surface area contributed by atoms with Crippen LogP contribution < -0.4 is 5.32 Å². The van der Waals surface area contributed by atoms with Gasteiger partial charge in [-0.15, -0.1) is 11.8 Å². The number of rotatable bonds is 3. The Hall–Kier alpha value is -1.65. The van der Waals surface area contributed by atoms with Crippen LogP contribution in [0.4, 0.5) is 0 Å². The number of aryl methyl sites for hydroxylation is 1. The van der Waals surface area contributed by atoms with E-state index in [1.165, 1.54) is 29.2 Å². The van der Waals surface area contributed by atoms with Gasteiger partial charge in [-0.05, 0) is 77.0 Å². The Morgan fingerprint density at radius 1 is 0.931 bits per heavy atom. The molecule has 1 aliphatic heterocycles. The van der Waals surface area contributed by atoms with Crippen LogP contribution in [0.3, 0.4) is 0 Å². The zero-order valence-corrected chi connectivity index (χ0v) is 19.0. The van der Waals surface area contributed by atoms with Gasteiger partial charge in [-0.25, -0.2) is 0 Å². The largest absolute Gasteiger partial charge is 0.508 e. The lowest BCUT2D eigenvalue weighted by atomic mass is 9.62. The molecular formula is C25H33NO2S. The van der Waals surface area contributed by atoms with Crippen LogP contribution in [0.2, 0.25) is 0 Å². The van der Waals surface area contributed by atoms with Crippen molar-refractivity contribution >= 4 is 11.8 Å². The highest BCUT2D eigenvalue weighted by molar-refractivity contribution is 8.00. The average Bonchev–Trinajstić information content (AvgIpc) is 3.15. The van der Waals surface area contributed by atoms with Crippen LogP contribution >= 0.6 is 11.8 Å². The van der Waals surface area contributed by atoms with E-state index in [2.05, 4.69) is 52.1 Å². The minimum Gasteiger partial charge on any atom is -0.508 e. The molecule has 29 heavy (non-hydrogen) atoms. The smallest absolute Gasteiger partial charge is 0.127 e. The first-order valence-electron chi connectivity index (χ1n) is 10.6. The van der Waals surface area contributed by atoms with E-state index in [9.17, 15) is 10.2 Å². The third-order valence-corrected chi connectivity index (χ3v) is 8.10. The third kappa shape index (κ3) is 3.77. The first kappa shape index (κ1) is 20.6. The van der Waals surface area contributed by atoms with E-state index < -0.39 is 0 Å². The molecule has 0 spiro atoms. The summed E-state index contributed by atoms with van der Waals surface area (Å²) in [5, 5.41) is 25.0. The number of hydrogen-bond acceptors (Lipinski definition) is 4. The van der Waals surface area contributed by atoms with Crippen LogP contribution in [0.15, 0.2) is 24.3 Å². The summed E-state index contributed by atoms with van der Waals surface area (Å²) < 4.78 is 0. The molecule has 2 aromatic carbocycles.